The molecule has 1 atom stereocenters. The van der Waals surface area contributed by atoms with Crippen LogP contribution in [0, 0.1) is 0 Å². The van der Waals surface area contributed by atoms with E-state index in [0.29, 0.717) is 0 Å². The predicted octanol–water partition coefficient (Wildman–Crippen LogP) is 1.28. The molecule has 4 nitrogen and oxygen atoms in total. The third-order valence-electron chi connectivity index (χ3n) is 1.92. The van der Waals surface area contributed by atoms with E-state index in [1.165, 1.54) is 6.07 Å². The van der Waals surface area contributed by atoms with Crippen LogP contribution in [0.25, 0.3) is 0 Å². The van der Waals surface area contributed by atoms with Gasteiger partial charge in [0.05, 0.1) is 0 Å². The summed E-state index contributed by atoms with van der Waals surface area (Å²) in [5, 5.41) is 9.19. The molecule has 0 saturated carbocycles. The van der Waals surface area contributed by atoms with E-state index in [1.54, 1.807) is 0 Å². The number of rotatable bonds is 2. The first-order valence-electron chi connectivity index (χ1n) is 3.92. The first-order chi connectivity index (χ1) is 7.11. The van der Waals surface area contributed by atoms with E-state index in [2.05, 4.69) is 0 Å². The normalized spacial score (nSPS) is 16.8. The molecule has 0 heterocycles. The SMILES string of the molecule is O=S(=O)(O)C(O)(c1ccccc1)C(F)(F)F. The first-order valence-corrected chi connectivity index (χ1v) is 5.36. The molecule has 90 valence electrons. The fourth-order valence-electron chi connectivity index (χ4n) is 1.12. The van der Waals surface area contributed by atoms with Crippen molar-refractivity contribution < 1.29 is 31.2 Å². The quantitative estimate of drug-likeness (QED) is 0.782. The van der Waals surface area contributed by atoms with Crippen molar-refractivity contribution in [1.29, 1.82) is 0 Å². The van der Waals surface area contributed by atoms with Crippen molar-refractivity contribution in [2.24, 2.45) is 0 Å². The molecular formula is C8H7F3O4S. The minimum absolute atomic E-state index is 0.751. The number of hydrogen-bond donors (Lipinski definition) is 2. The molecule has 0 aliphatic carbocycles. The molecular weight excluding hydrogens is 249 g/mol. The van der Waals surface area contributed by atoms with Gasteiger partial charge in [-0.05, 0) is 0 Å². The number of benzene rings is 1. The van der Waals surface area contributed by atoms with E-state index in [4.69, 9.17) is 4.55 Å². The summed E-state index contributed by atoms with van der Waals surface area (Å²) in [5.41, 5.74) is -0.968. The van der Waals surface area contributed by atoms with Gasteiger partial charge in [0.1, 0.15) is 0 Å². The lowest BCUT2D eigenvalue weighted by Crippen LogP contribution is -2.48. The zero-order chi connectivity index (χ0) is 12.6. The Morgan fingerprint density at radius 2 is 1.50 bits per heavy atom. The molecule has 16 heavy (non-hydrogen) atoms. The van der Waals surface area contributed by atoms with Crippen LogP contribution in [-0.4, -0.2) is 24.3 Å². The van der Waals surface area contributed by atoms with Crippen LogP contribution < -0.4 is 0 Å². The van der Waals surface area contributed by atoms with Gasteiger partial charge in [0.15, 0.2) is 0 Å². The molecule has 0 aliphatic heterocycles. The second kappa shape index (κ2) is 3.72. The number of halogens is 3. The number of hydrogen-bond acceptors (Lipinski definition) is 3. The maximum atomic E-state index is 12.5. The highest BCUT2D eigenvalue weighted by Crippen LogP contribution is 2.42. The summed E-state index contributed by atoms with van der Waals surface area (Å²) < 4.78 is 67.4. The van der Waals surface area contributed by atoms with E-state index < -0.39 is 26.8 Å². The molecule has 0 radical (unpaired) electrons. The molecule has 8 heteroatoms. The molecule has 1 rings (SSSR count). The molecule has 2 N–H and O–H groups in total. The first kappa shape index (κ1) is 12.9. The number of aliphatic hydroxyl groups is 1. The smallest absolute Gasteiger partial charge is 0.362 e. The molecule has 0 bridgehead atoms. The fourth-order valence-corrected chi connectivity index (χ4v) is 1.85. The Balaban J connectivity index is 3.52. The minimum atomic E-state index is -5.74. The van der Waals surface area contributed by atoms with E-state index in [1.807, 2.05) is 0 Å². The highest BCUT2D eigenvalue weighted by Gasteiger charge is 2.64. The summed E-state index contributed by atoms with van der Waals surface area (Å²) in [6, 6.07) is 5.06. The molecule has 0 saturated heterocycles. The average molecular weight is 256 g/mol. The standard InChI is InChI=1S/C8H7F3O4S/c9-8(10,11)7(12,16(13,14)15)6-4-2-1-3-5-6/h1-5,12H,(H,13,14,15). The van der Waals surface area contributed by atoms with E-state index >= 15 is 0 Å². The van der Waals surface area contributed by atoms with Gasteiger partial charge in [0, 0.05) is 5.56 Å². The van der Waals surface area contributed by atoms with Crippen LogP contribution in [0.1, 0.15) is 5.56 Å². The maximum Gasteiger partial charge on any atom is 0.438 e. The third kappa shape index (κ3) is 1.91. The van der Waals surface area contributed by atoms with Crippen LogP contribution in [-0.2, 0) is 15.1 Å². The van der Waals surface area contributed by atoms with E-state index in [9.17, 15) is 26.7 Å². The molecule has 1 aromatic rings. The maximum absolute atomic E-state index is 12.5. The van der Waals surface area contributed by atoms with Crippen molar-refractivity contribution in [1.82, 2.24) is 0 Å². The van der Waals surface area contributed by atoms with Gasteiger partial charge in [-0.3, -0.25) is 4.55 Å². The lowest BCUT2D eigenvalue weighted by atomic mass is 10.1. The van der Waals surface area contributed by atoms with Crippen LogP contribution in [0.5, 0.6) is 0 Å². The molecule has 0 spiro atoms. The van der Waals surface area contributed by atoms with Crippen molar-refractivity contribution in [3.05, 3.63) is 35.9 Å². The summed E-state index contributed by atoms with van der Waals surface area (Å²) in [4.78, 5) is -4.30. The summed E-state index contributed by atoms with van der Waals surface area (Å²) in [7, 11) is -5.74. The Bertz CT molecular complexity index is 468. The van der Waals surface area contributed by atoms with Crippen LogP contribution in [0.3, 0.4) is 0 Å². The van der Waals surface area contributed by atoms with E-state index in [-0.39, 0.29) is 0 Å². The van der Waals surface area contributed by atoms with Crippen LogP contribution in [0.4, 0.5) is 13.2 Å². The Labute approximate surface area is 89.1 Å². The molecule has 0 fully saturated rings. The Kier molecular flexibility index (Phi) is 3.01. The molecule has 1 unspecified atom stereocenters. The van der Waals surface area contributed by atoms with Gasteiger partial charge < -0.3 is 5.11 Å². The van der Waals surface area contributed by atoms with Crippen molar-refractivity contribution in [2.75, 3.05) is 0 Å². The largest absolute Gasteiger partial charge is 0.438 e. The Morgan fingerprint density at radius 3 is 1.81 bits per heavy atom. The van der Waals surface area contributed by atoms with Crippen molar-refractivity contribution in [3.63, 3.8) is 0 Å². The topological polar surface area (TPSA) is 74.6 Å². The highest BCUT2D eigenvalue weighted by molar-refractivity contribution is 7.86. The molecule has 0 aromatic heterocycles. The van der Waals surface area contributed by atoms with Crippen LogP contribution in [0.15, 0.2) is 30.3 Å². The monoisotopic (exact) mass is 256 g/mol. The Hall–Kier alpha value is -1.12. The summed E-state index contributed by atoms with van der Waals surface area (Å²) in [5.74, 6) is 0. The summed E-state index contributed by atoms with van der Waals surface area (Å²) in [6.45, 7) is 0. The van der Waals surface area contributed by atoms with Gasteiger partial charge in [0.25, 0.3) is 0 Å². The second-order valence-corrected chi connectivity index (χ2v) is 4.52. The average Bonchev–Trinajstić information content (AvgIpc) is 2.14. The van der Waals surface area contributed by atoms with Crippen molar-refractivity contribution in [2.45, 2.75) is 11.1 Å². The zero-order valence-corrected chi connectivity index (χ0v) is 8.46. The molecule has 0 aliphatic rings. The van der Waals surface area contributed by atoms with E-state index in [0.717, 1.165) is 24.3 Å². The number of alkyl halides is 3. The second-order valence-electron chi connectivity index (χ2n) is 2.98. The predicted molar refractivity (Wildman–Crippen MR) is 47.9 cm³/mol. The lowest BCUT2D eigenvalue weighted by molar-refractivity contribution is -0.230. The Morgan fingerprint density at radius 1 is 1.06 bits per heavy atom. The lowest BCUT2D eigenvalue weighted by Gasteiger charge is -2.27. The minimum Gasteiger partial charge on any atom is -0.362 e. The van der Waals surface area contributed by atoms with Gasteiger partial charge in [-0.1, -0.05) is 30.3 Å². The highest BCUT2D eigenvalue weighted by atomic mass is 32.2. The van der Waals surface area contributed by atoms with Gasteiger partial charge in [-0.2, -0.15) is 21.6 Å². The van der Waals surface area contributed by atoms with Crippen molar-refractivity contribution in [3.8, 4) is 0 Å². The van der Waals surface area contributed by atoms with Gasteiger partial charge in [0.2, 0.25) is 0 Å². The van der Waals surface area contributed by atoms with Crippen molar-refractivity contribution >= 4 is 10.1 Å². The van der Waals surface area contributed by atoms with Crippen LogP contribution >= 0.6 is 0 Å². The van der Waals surface area contributed by atoms with Crippen LogP contribution in [0.2, 0.25) is 0 Å². The van der Waals surface area contributed by atoms with Gasteiger partial charge in [-0.15, -0.1) is 0 Å². The van der Waals surface area contributed by atoms with Gasteiger partial charge in [-0.25, -0.2) is 0 Å². The zero-order valence-electron chi connectivity index (χ0n) is 7.64. The summed E-state index contributed by atoms with van der Waals surface area (Å²) in [6.07, 6.45) is -5.54. The molecule has 1 aromatic carbocycles. The van der Waals surface area contributed by atoms with Gasteiger partial charge >= 0.3 is 21.2 Å². The third-order valence-corrected chi connectivity index (χ3v) is 3.14. The summed E-state index contributed by atoms with van der Waals surface area (Å²) >= 11 is 0. The fraction of sp³-hybridized carbons (Fsp3) is 0.250. The molecule has 0 amide bonds.